The van der Waals surface area contributed by atoms with Crippen molar-refractivity contribution in [2.24, 2.45) is 0 Å². The maximum Gasteiger partial charge on any atom is 0.323 e. The Morgan fingerprint density at radius 3 is 2.16 bits per heavy atom. The number of hydrogen-bond donors (Lipinski definition) is 1. The molecule has 0 unspecified atom stereocenters. The summed E-state index contributed by atoms with van der Waals surface area (Å²) >= 11 is 0. The van der Waals surface area contributed by atoms with E-state index in [-0.39, 0.29) is 12.5 Å². The average Bonchev–Trinajstić information content (AvgIpc) is 2.35. The van der Waals surface area contributed by atoms with E-state index in [1.165, 1.54) is 4.90 Å². The van der Waals surface area contributed by atoms with E-state index >= 15 is 0 Å². The van der Waals surface area contributed by atoms with Crippen molar-refractivity contribution in [2.45, 2.75) is 33.1 Å². The highest BCUT2D eigenvalue weighted by Crippen LogP contribution is 2.26. The first kappa shape index (κ1) is 15.2. The Morgan fingerprint density at radius 1 is 1.21 bits per heavy atom. The number of amides is 1. The van der Waals surface area contributed by atoms with Crippen molar-refractivity contribution in [3.05, 3.63) is 35.4 Å². The van der Waals surface area contributed by atoms with E-state index in [1.807, 2.05) is 45.0 Å². The van der Waals surface area contributed by atoms with Gasteiger partial charge < -0.3 is 10.0 Å². The first-order valence-corrected chi connectivity index (χ1v) is 6.37. The molecule has 0 atom stereocenters. The van der Waals surface area contributed by atoms with Gasteiger partial charge in [-0.15, -0.1) is 0 Å². The lowest BCUT2D eigenvalue weighted by atomic mass is 9.83. The molecule has 0 aliphatic rings. The van der Waals surface area contributed by atoms with Crippen LogP contribution in [-0.2, 0) is 15.0 Å². The lowest BCUT2D eigenvalue weighted by molar-refractivity contribution is -0.146. The van der Waals surface area contributed by atoms with E-state index in [2.05, 4.69) is 0 Å². The largest absolute Gasteiger partial charge is 0.480 e. The molecule has 0 spiro atoms. The molecular weight excluding hydrogens is 242 g/mol. The summed E-state index contributed by atoms with van der Waals surface area (Å²) in [6, 6.07) is 7.75. The quantitative estimate of drug-likeness (QED) is 0.886. The Bertz CT molecular complexity index is 463. The van der Waals surface area contributed by atoms with Gasteiger partial charge in [-0.05, 0) is 33.3 Å². The van der Waals surface area contributed by atoms with Gasteiger partial charge in [-0.1, -0.05) is 29.8 Å². The van der Waals surface area contributed by atoms with Gasteiger partial charge >= 0.3 is 5.97 Å². The lowest BCUT2D eigenvalue weighted by Crippen LogP contribution is -2.45. The van der Waals surface area contributed by atoms with Gasteiger partial charge in [0.15, 0.2) is 0 Å². The molecule has 1 rings (SSSR count). The average molecular weight is 263 g/mol. The molecule has 1 aromatic carbocycles. The Morgan fingerprint density at radius 2 is 1.74 bits per heavy atom. The molecule has 0 bridgehead atoms. The van der Waals surface area contributed by atoms with Gasteiger partial charge in [-0.2, -0.15) is 0 Å². The zero-order valence-corrected chi connectivity index (χ0v) is 11.9. The fraction of sp³-hybridized carbons (Fsp3) is 0.467. The van der Waals surface area contributed by atoms with Gasteiger partial charge in [0.05, 0.1) is 5.41 Å². The van der Waals surface area contributed by atoms with Crippen LogP contribution in [-0.4, -0.2) is 35.0 Å². The third-order valence-corrected chi connectivity index (χ3v) is 3.30. The van der Waals surface area contributed by atoms with Gasteiger partial charge in [-0.25, -0.2) is 0 Å². The van der Waals surface area contributed by atoms with Crippen molar-refractivity contribution in [1.82, 2.24) is 4.90 Å². The van der Waals surface area contributed by atoms with Crippen molar-refractivity contribution < 1.29 is 14.7 Å². The summed E-state index contributed by atoms with van der Waals surface area (Å²) in [4.78, 5) is 24.6. The number of hydrogen-bond acceptors (Lipinski definition) is 2. The number of carbonyl (C=O) groups is 2. The minimum atomic E-state index is -0.991. The molecule has 0 aromatic heterocycles. The summed E-state index contributed by atoms with van der Waals surface area (Å²) in [6.45, 7) is 7.55. The molecule has 4 nitrogen and oxygen atoms in total. The normalized spacial score (nSPS) is 11.2. The van der Waals surface area contributed by atoms with Gasteiger partial charge in [0.2, 0.25) is 5.91 Å². The molecule has 1 N–H and O–H groups in total. The third-order valence-electron chi connectivity index (χ3n) is 3.30. The molecule has 1 aromatic rings. The predicted octanol–water partition coefficient (Wildman–Crippen LogP) is 2.21. The highest BCUT2D eigenvalue weighted by Gasteiger charge is 2.33. The maximum atomic E-state index is 12.5. The number of carboxylic acids is 1. The summed E-state index contributed by atoms with van der Waals surface area (Å²) in [5, 5.41) is 8.84. The number of aliphatic carboxylic acids is 1. The first-order valence-electron chi connectivity index (χ1n) is 6.37. The van der Waals surface area contributed by atoms with Crippen molar-refractivity contribution in [2.75, 3.05) is 13.1 Å². The molecule has 4 heteroatoms. The Balaban J connectivity index is 3.00. The second-order valence-corrected chi connectivity index (χ2v) is 5.20. The van der Waals surface area contributed by atoms with Crippen LogP contribution in [0.4, 0.5) is 0 Å². The Labute approximate surface area is 114 Å². The molecule has 19 heavy (non-hydrogen) atoms. The standard InChI is InChI=1S/C15H21NO3/c1-5-16(10-13(17)18)14(19)15(3,4)12-8-6-11(2)7-9-12/h6-9H,5,10H2,1-4H3,(H,17,18). The van der Waals surface area contributed by atoms with Crippen molar-refractivity contribution in [3.8, 4) is 0 Å². The summed E-state index contributed by atoms with van der Waals surface area (Å²) in [5.41, 5.74) is 1.30. The predicted molar refractivity (Wildman–Crippen MR) is 74.1 cm³/mol. The third kappa shape index (κ3) is 3.56. The first-order chi connectivity index (χ1) is 8.78. The van der Waals surface area contributed by atoms with Crippen LogP contribution in [0.2, 0.25) is 0 Å². The number of aryl methyl sites for hydroxylation is 1. The van der Waals surface area contributed by atoms with E-state index in [9.17, 15) is 9.59 Å². The van der Waals surface area contributed by atoms with Crippen molar-refractivity contribution in [1.29, 1.82) is 0 Å². The number of benzene rings is 1. The van der Waals surface area contributed by atoms with Crippen LogP contribution in [0.5, 0.6) is 0 Å². The highest BCUT2D eigenvalue weighted by atomic mass is 16.4. The molecule has 0 fully saturated rings. The van der Waals surface area contributed by atoms with E-state index < -0.39 is 11.4 Å². The van der Waals surface area contributed by atoms with E-state index in [0.717, 1.165) is 11.1 Å². The molecule has 0 saturated heterocycles. The van der Waals surface area contributed by atoms with Crippen LogP contribution in [0.25, 0.3) is 0 Å². The molecule has 0 aliphatic carbocycles. The Hall–Kier alpha value is -1.84. The van der Waals surface area contributed by atoms with E-state index in [1.54, 1.807) is 6.92 Å². The lowest BCUT2D eigenvalue weighted by Gasteiger charge is -2.30. The van der Waals surface area contributed by atoms with Gasteiger partial charge in [0, 0.05) is 6.54 Å². The highest BCUT2D eigenvalue weighted by molar-refractivity contribution is 5.89. The second kappa shape index (κ2) is 5.87. The SMILES string of the molecule is CCN(CC(=O)O)C(=O)C(C)(C)c1ccc(C)cc1. The number of nitrogens with zero attached hydrogens (tertiary/aromatic N) is 1. The van der Waals surface area contributed by atoms with Crippen molar-refractivity contribution >= 4 is 11.9 Å². The maximum absolute atomic E-state index is 12.5. The van der Waals surface area contributed by atoms with E-state index in [4.69, 9.17) is 5.11 Å². The summed E-state index contributed by atoms with van der Waals surface area (Å²) in [7, 11) is 0. The number of carbonyl (C=O) groups excluding carboxylic acids is 1. The van der Waals surface area contributed by atoms with Crippen LogP contribution in [0, 0.1) is 6.92 Å². The van der Waals surface area contributed by atoms with Crippen LogP contribution in [0.1, 0.15) is 31.9 Å². The molecule has 104 valence electrons. The molecule has 0 radical (unpaired) electrons. The zero-order valence-electron chi connectivity index (χ0n) is 11.9. The zero-order chi connectivity index (χ0) is 14.6. The second-order valence-electron chi connectivity index (χ2n) is 5.20. The monoisotopic (exact) mass is 263 g/mol. The van der Waals surface area contributed by atoms with Gasteiger partial charge in [0.25, 0.3) is 0 Å². The fourth-order valence-electron chi connectivity index (χ4n) is 1.98. The van der Waals surface area contributed by atoms with Gasteiger partial charge in [0.1, 0.15) is 6.54 Å². The smallest absolute Gasteiger partial charge is 0.323 e. The molecule has 1 amide bonds. The van der Waals surface area contributed by atoms with Crippen LogP contribution in [0.15, 0.2) is 24.3 Å². The molecule has 0 saturated carbocycles. The van der Waals surface area contributed by atoms with Crippen molar-refractivity contribution in [3.63, 3.8) is 0 Å². The molecular formula is C15H21NO3. The topological polar surface area (TPSA) is 57.6 Å². The number of likely N-dealkylation sites (N-methyl/N-ethyl adjacent to an activating group) is 1. The van der Waals surface area contributed by atoms with Crippen LogP contribution in [0.3, 0.4) is 0 Å². The van der Waals surface area contributed by atoms with Crippen LogP contribution >= 0.6 is 0 Å². The molecule has 0 heterocycles. The van der Waals surface area contributed by atoms with Crippen LogP contribution < -0.4 is 0 Å². The van der Waals surface area contributed by atoms with Gasteiger partial charge in [-0.3, -0.25) is 9.59 Å². The summed E-state index contributed by atoms with van der Waals surface area (Å²) < 4.78 is 0. The number of carboxylic acid groups (broad SMARTS) is 1. The Kier molecular flexibility index (Phi) is 4.70. The fourth-order valence-corrected chi connectivity index (χ4v) is 1.98. The summed E-state index contributed by atoms with van der Waals surface area (Å²) in [6.07, 6.45) is 0. The minimum absolute atomic E-state index is 0.166. The summed E-state index contributed by atoms with van der Waals surface area (Å²) in [5.74, 6) is -1.16. The molecule has 0 aliphatic heterocycles. The minimum Gasteiger partial charge on any atom is -0.480 e. The van der Waals surface area contributed by atoms with E-state index in [0.29, 0.717) is 6.54 Å². The number of rotatable bonds is 5.